The third-order valence-electron chi connectivity index (χ3n) is 9.39. The predicted molar refractivity (Wildman–Crippen MR) is 173 cm³/mol. The zero-order chi connectivity index (χ0) is 30.9. The van der Waals surface area contributed by atoms with Gasteiger partial charge in [-0.2, -0.15) is 0 Å². The zero-order valence-electron chi connectivity index (χ0n) is 25.4. The monoisotopic (exact) mass is 601 g/mol. The second-order valence-electron chi connectivity index (χ2n) is 12.0. The molecule has 43 heavy (non-hydrogen) atoms. The number of carbonyl (C=O) groups excluding carboxylic acids is 3. The molecule has 3 amide bonds. The van der Waals surface area contributed by atoms with Gasteiger partial charge in [0.15, 0.2) is 0 Å². The summed E-state index contributed by atoms with van der Waals surface area (Å²) in [4.78, 5) is 49.2. The average molecular weight is 602 g/mol. The van der Waals surface area contributed by atoms with Crippen LogP contribution >= 0.6 is 11.8 Å². The minimum atomic E-state index is -0.854. The van der Waals surface area contributed by atoms with Crippen LogP contribution in [0.3, 0.4) is 0 Å². The Hall–Kier alpha value is -3.36. The quantitative estimate of drug-likeness (QED) is 0.344. The van der Waals surface area contributed by atoms with E-state index >= 15 is 4.79 Å². The van der Waals surface area contributed by atoms with Gasteiger partial charge in [0.25, 0.3) is 5.91 Å². The molecule has 2 bridgehead atoms. The van der Waals surface area contributed by atoms with Gasteiger partial charge < -0.3 is 19.8 Å². The van der Waals surface area contributed by atoms with Crippen LogP contribution < -0.4 is 4.90 Å². The highest BCUT2D eigenvalue weighted by Gasteiger charge is 2.74. The van der Waals surface area contributed by atoms with Crippen LogP contribution in [-0.4, -0.2) is 74.9 Å². The Morgan fingerprint density at radius 2 is 1.74 bits per heavy atom. The minimum absolute atomic E-state index is 0.0369. The maximum absolute atomic E-state index is 15.1. The lowest BCUT2D eigenvalue weighted by Crippen LogP contribution is -2.56. The Bertz CT molecular complexity index is 1380. The molecule has 3 fully saturated rings. The van der Waals surface area contributed by atoms with E-state index in [-0.39, 0.29) is 36.1 Å². The third-order valence-corrected chi connectivity index (χ3v) is 11.3. The van der Waals surface area contributed by atoms with Crippen molar-refractivity contribution >= 4 is 35.2 Å². The van der Waals surface area contributed by atoms with Gasteiger partial charge >= 0.3 is 0 Å². The highest BCUT2D eigenvalue weighted by atomic mass is 32.2. The maximum atomic E-state index is 15.1. The molecule has 5 rings (SSSR count). The lowest BCUT2D eigenvalue weighted by atomic mass is 9.70. The molecule has 6 atom stereocenters. The number of likely N-dealkylation sites (tertiary alicyclic amines) is 1. The van der Waals surface area contributed by atoms with E-state index in [9.17, 15) is 14.7 Å². The molecule has 2 unspecified atom stereocenters. The molecule has 228 valence electrons. The van der Waals surface area contributed by atoms with Crippen molar-refractivity contribution in [2.75, 3.05) is 31.1 Å². The number of para-hydroxylation sites is 1. The Morgan fingerprint density at radius 3 is 2.35 bits per heavy atom. The van der Waals surface area contributed by atoms with Gasteiger partial charge in [-0.3, -0.25) is 14.4 Å². The first kappa shape index (κ1) is 31.1. The summed E-state index contributed by atoms with van der Waals surface area (Å²) in [5, 5.41) is 10.8. The molecule has 7 nitrogen and oxygen atoms in total. The van der Waals surface area contributed by atoms with Crippen molar-refractivity contribution in [3.63, 3.8) is 0 Å². The largest absolute Gasteiger partial charge is 0.394 e. The van der Waals surface area contributed by atoms with Gasteiger partial charge in [0.1, 0.15) is 6.04 Å². The SMILES string of the molecule is C=CCN(CCC)C(=O)[C@@H]1[C@@H]2CCC3(S2)C(C(=O)N(CC=C)c2c(C)cccc2C)N([C@H](CO)c2ccccc2)C(=O)[C@H]13. The molecular weight excluding hydrogens is 558 g/mol. The van der Waals surface area contributed by atoms with Gasteiger partial charge in [-0.05, 0) is 49.8 Å². The lowest BCUT2D eigenvalue weighted by Gasteiger charge is -2.40. The van der Waals surface area contributed by atoms with Crippen LogP contribution in [0.5, 0.6) is 0 Å². The fourth-order valence-electron chi connectivity index (χ4n) is 7.74. The van der Waals surface area contributed by atoms with E-state index in [4.69, 9.17) is 0 Å². The average Bonchev–Trinajstić information content (AvgIpc) is 3.64. The van der Waals surface area contributed by atoms with Crippen LogP contribution in [0.2, 0.25) is 0 Å². The number of rotatable bonds is 12. The predicted octanol–water partition coefficient (Wildman–Crippen LogP) is 5.07. The summed E-state index contributed by atoms with van der Waals surface area (Å²) < 4.78 is -0.774. The fourth-order valence-corrected chi connectivity index (χ4v) is 9.94. The number of aryl methyl sites for hydroxylation is 2. The summed E-state index contributed by atoms with van der Waals surface area (Å²) in [6, 6.07) is 13.8. The number of aliphatic hydroxyl groups is 1. The molecule has 0 saturated carbocycles. The van der Waals surface area contributed by atoms with Crippen molar-refractivity contribution in [2.24, 2.45) is 11.8 Å². The van der Waals surface area contributed by atoms with Crippen LogP contribution in [0.15, 0.2) is 73.8 Å². The Balaban J connectivity index is 1.66. The van der Waals surface area contributed by atoms with E-state index in [1.807, 2.05) is 69.3 Å². The van der Waals surface area contributed by atoms with Crippen LogP contribution in [0.25, 0.3) is 0 Å². The summed E-state index contributed by atoms with van der Waals surface area (Å²) >= 11 is 1.65. The van der Waals surface area contributed by atoms with Crippen LogP contribution in [0, 0.1) is 25.7 Å². The molecule has 2 aromatic rings. The molecule has 0 aliphatic carbocycles. The smallest absolute Gasteiger partial charge is 0.251 e. The van der Waals surface area contributed by atoms with Crippen molar-refractivity contribution < 1.29 is 19.5 Å². The Morgan fingerprint density at radius 1 is 1.07 bits per heavy atom. The van der Waals surface area contributed by atoms with Crippen LogP contribution in [-0.2, 0) is 14.4 Å². The van der Waals surface area contributed by atoms with E-state index < -0.39 is 28.7 Å². The topological polar surface area (TPSA) is 81.2 Å². The zero-order valence-corrected chi connectivity index (χ0v) is 26.3. The molecule has 8 heteroatoms. The molecule has 0 radical (unpaired) electrons. The highest BCUT2D eigenvalue weighted by Crippen LogP contribution is 2.67. The number of nitrogens with zero attached hydrogens (tertiary/aromatic N) is 3. The number of fused-ring (bicyclic) bond motifs is 1. The molecule has 3 aliphatic heterocycles. The summed E-state index contributed by atoms with van der Waals surface area (Å²) in [5.74, 6) is -1.63. The molecule has 1 spiro atoms. The van der Waals surface area contributed by atoms with Crippen LogP contribution in [0.1, 0.15) is 48.9 Å². The van der Waals surface area contributed by atoms with Gasteiger partial charge in [-0.25, -0.2) is 0 Å². The summed E-state index contributed by atoms with van der Waals surface area (Å²) in [6.07, 6.45) is 5.66. The van der Waals surface area contributed by atoms with E-state index in [0.29, 0.717) is 19.5 Å². The molecule has 3 saturated heterocycles. The van der Waals surface area contributed by atoms with Gasteiger partial charge in [0.05, 0.1) is 29.2 Å². The van der Waals surface area contributed by atoms with Crippen molar-refractivity contribution in [1.29, 1.82) is 0 Å². The number of amides is 3. The molecule has 3 aliphatic rings. The van der Waals surface area contributed by atoms with E-state index in [1.54, 1.807) is 38.6 Å². The molecule has 3 heterocycles. The first-order valence-electron chi connectivity index (χ1n) is 15.3. The number of carbonyl (C=O) groups is 3. The highest BCUT2D eigenvalue weighted by molar-refractivity contribution is 8.02. The number of thioether (sulfide) groups is 1. The Kier molecular flexibility index (Phi) is 9.18. The van der Waals surface area contributed by atoms with E-state index in [0.717, 1.165) is 35.2 Å². The third kappa shape index (κ3) is 5.12. The van der Waals surface area contributed by atoms with Gasteiger partial charge in [-0.15, -0.1) is 24.9 Å². The fraction of sp³-hybridized carbons (Fsp3) is 0.457. The van der Waals surface area contributed by atoms with E-state index in [1.165, 1.54) is 0 Å². The van der Waals surface area contributed by atoms with Crippen molar-refractivity contribution in [1.82, 2.24) is 9.80 Å². The number of aliphatic hydroxyl groups excluding tert-OH is 1. The standard InChI is InChI=1S/C35H43N3O4S/c1-6-19-36(20-7-2)32(40)28-27-17-18-35(43-27)29(28)33(41)38(26(22-39)25-15-10-9-11-16-25)31(35)34(42)37(21-8-3)30-23(4)13-12-14-24(30)5/h6,8-16,26-29,31,39H,1,3,7,17-22H2,2,4-5H3/t26-,27+,28-,29+,31?,35?/m1/s1. The second-order valence-corrected chi connectivity index (χ2v) is 13.6. The van der Waals surface area contributed by atoms with Crippen molar-refractivity contribution in [3.05, 3.63) is 90.5 Å². The Labute approximate surface area is 259 Å². The minimum Gasteiger partial charge on any atom is -0.394 e. The molecular formula is C35H43N3O4S. The van der Waals surface area contributed by atoms with Crippen molar-refractivity contribution in [3.8, 4) is 0 Å². The number of hydrogen-bond acceptors (Lipinski definition) is 5. The van der Waals surface area contributed by atoms with Crippen molar-refractivity contribution in [2.45, 2.75) is 62.1 Å². The molecule has 1 N–H and O–H groups in total. The van der Waals surface area contributed by atoms with Gasteiger partial charge in [-0.1, -0.05) is 67.6 Å². The number of hydrogen-bond donors (Lipinski definition) is 1. The normalized spacial score (nSPS) is 26.2. The maximum Gasteiger partial charge on any atom is 0.251 e. The van der Waals surface area contributed by atoms with Gasteiger partial charge in [0.2, 0.25) is 11.8 Å². The van der Waals surface area contributed by atoms with E-state index in [2.05, 4.69) is 13.2 Å². The van der Waals surface area contributed by atoms with Gasteiger partial charge in [0, 0.05) is 30.6 Å². The lowest BCUT2D eigenvalue weighted by molar-refractivity contribution is -0.145. The van der Waals surface area contributed by atoms with Crippen LogP contribution in [0.4, 0.5) is 5.69 Å². The molecule has 2 aromatic carbocycles. The summed E-state index contributed by atoms with van der Waals surface area (Å²) in [7, 11) is 0. The first-order valence-corrected chi connectivity index (χ1v) is 16.2. The summed E-state index contributed by atoms with van der Waals surface area (Å²) in [6.45, 7) is 14.8. The number of anilines is 1. The number of benzene rings is 2. The summed E-state index contributed by atoms with van der Waals surface area (Å²) in [5.41, 5.74) is 3.48. The second kappa shape index (κ2) is 12.7. The first-order chi connectivity index (χ1) is 20.7. The molecule has 0 aromatic heterocycles.